The third-order valence-corrected chi connectivity index (χ3v) is 4.39. The fraction of sp³-hybridized carbons (Fsp3) is 0.0455. The smallest absolute Gasteiger partial charge is 0.243 e. The van der Waals surface area contributed by atoms with Gasteiger partial charge < -0.3 is 0 Å². The van der Waals surface area contributed by atoms with E-state index in [1.807, 2.05) is 0 Å². The predicted octanol–water partition coefficient (Wildman–Crippen LogP) is 6.87. The van der Waals surface area contributed by atoms with Gasteiger partial charge in [0, 0.05) is 5.39 Å². The minimum atomic E-state index is -4.64. The topological polar surface area (TPSA) is 12.9 Å². The monoisotopic (exact) mass is 385 g/mol. The molecule has 0 amide bonds. The molecule has 0 saturated carbocycles. The number of alkyl halides is 3. The van der Waals surface area contributed by atoms with Gasteiger partial charge in [-0.15, -0.1) is 0 Å². The molecule has 0 aliphatic carbocycles. The van der Waals surface area contributed by atoms with Gasteiger partial charge in [-0.25, -0.2) is 13.8 Å². The minimum absolute atomic E-state index is 0.120. The van der Waals surface area contributed by atoms with E-state index in [0.29, 0.717) is 22.1 Å². The first-order valence-electron chi connectivity index (χ1n) is 8.35. The van der Waals surface area contributed by atoms with Gasteiger partial charge >= 0.3 is 6.18 Å². The summed E-state index contributed by atoms with van der Waals surface area (Å²) < 4.78 is 67.2. The summed E-state index contributed by atoms with van der Waals surface area (Å²) in [5.74, 6) is -0.981. The van der Waals surface area contributed by atoms with Gasteiger partial charge in [0.1, 0.15) is 17.3 Å². The summed E-state index contributed by atoms with van der Waals surface area (Å²) in [5, 5.41) is 0.417. The van der Waals surface area contributed by atoms with Crippen LogP contribution in [-0.4, -0.2) is 4.98 Å². The summed E-state index contributed by atoms with van der Waals surface area (Å²) in [6.07, 6.45) is -4.64. The van der Waals surface area contributed by atoms with Gasteiger partial charge in [0.2, 0.25) is 0 Å². The molecule has 0 atom stereocenters. The van der Waals surface area contributed by atoms with Gasteiger partial charge in [-0.2, -0.15) is 13.2 Å². The van der Waals surface area contributed by atoms with Gasteiger partial charge in [0.25, 0.3) is 0 Å². The van der Waals surface area contributed by atoms with Crippen LogP contribution < -0.4 is 0 Å². The first-order chi connectivity index (χ1) is 13.3. The molecule has 1 nitrogen and oxygen atoms in total. The molecule has 6 heteroatoms. The van der Waals surface area contributed by atoms with Crippen molar-refractivity contribution < 1.29 is 22.0 Å². The number of pyridine rings is 1. The molecule has 0 unspecified atom stereocenters. The van der Waals surface area contributed by atoms with Crippen molar-refractivity contribution in [3.63, 3.8) is 0 Å². The number of rotatable bonds is 2. The van der Waals surface area contributed by atoms with Crippen molar-refractivity contribution in [2.75, 3.05) is 0 Å². The van der Waals surface area contributed by atoms with Crippen LogP contribution >= 0.6 is 0 Å². The van der Waals surface area contributed by atoms with Crippen LogP contribution in [0.4, 0.5) is 22.0 Å². The zero-order valence-electron chi connectivity index (χ0n) is 14.3. The van der Waals surface area contributed by atoms with Gasteiger partial charge in [0.05, 0.1) is 5.52 Å². The average Bonchev–Trinajstić information content (AvgIpc) is 2.66. The Morgan fingerprint density at radius 3 is 1.89 bits per heavy atom. The first-order valence-corrected chi connectivity index (χ1v) is 8.35. The fourth-order valence-corrected chi connectivity index (χ4v) is 3.11. The number of aromatic nitrogens is 1. The molecule has 0 fully saturated rings. The lowest BCUT2D eigenvalue weighted by Crippen LogP contribution is -2.08. The zero-order chi connectivity index (χ0) is 19.9. The third kappa shape index (κ3) is 3.45. The van der Waals surface area contributed by atoms with Crippen molar-refractivity contribution in [3.8, 4) is 22.3 Å². The van der Waals surface area contributed by atoms with Crippen molar-refractivity contribution in [1.29, 1.82) is 0 Å². The average molecular weight is 385 g/mol. The molecule has 0 N–H and O–H groups in total. The van der Waals surface area contributed by atoms with Crippen molar-refractivity contribution in [3.05, 3.63) is 90.1 Å². The van der Waals surface area contributed by atoms with Gasteiger partial charge in [-0.1, -0.05) is 30.3 Å². The molecule has 0 aliphatic rings. The predicted molar refractivity (Wildman–Crippen MR) is 97.5 cm³/mol. The maximum absolute atomic E-state index is 13.7. The maximum Gasteiger partial charge on any atom is 0.433 e. The lowest BCUT2D eigenvalue weighted by Gasteiger charge is -2.13. The van der Waals surface area contributed by atoms with Crippen molar-refractivity contribution >= 4 is 10.9 Å². The molecule has 0 bridgehead atoms. The van der Waals surface area contributed by atoms with Crippen LogP contribution in [-0.2, 0) is 6.18 Å². The summed E-state index contributed by atoms with van der Waals surface area (Å²) in [6.45, 7) is 0. The highest BCUT2D eigenvalue weighted by molar-refractivity contribution is 5.97. The quantitative estimate of drug-likeness (QED) is 0.343. The van der Waals surface area contributed by atoms with E-state index in [9.17, 15) is 22.0 Å². The number of benzene rings is 3. The number of fused-ring (bicyclic) bond motifs is 1. The Bertz CT molecular complexity index is 1180. The molecule has 1 aromatic heterocycles. The summed E-state index contributed by atoms with van der Waals surface area (Å²) in [5.41, 5.74) is 0.759. The van der Waals surface area contributed by atoms with Crippen LogP contribution in [0.25, 0.3) is 33.2 Å². The van der Waals surface area contributed by atoms with Crippen molar-refractivity contribution in [2.45, 2.75) is 6.18 Å². The Balaban J connectivity index is 2.01. The standard InChI is InChI=1S/C22H12F5N/c23-16-5-1-3-13(9-16)14-7-8-20-19(11-14)18(12-21(28-20)22(25,26)27)15-4-2-6-17(24)10-15/h1-12H. The van der Waals surface area contributed by atoms with Crippen molar-refractivity contribution in [1.82, 2.24) is 4.98 Å². The van der Waals surface area contributed by atoms with E-state index in [-0.39, 0.29) is 11.1 Å². The minimum Gasteiger partial charge on any atom is -0.243 e. The first kappa shape index (κ1) is 18.1. The Labute approximate surface area is 157 Å². The lowest BCUT2D eigenvalue weighted by atomic mass is 9.96. The molecule has 1 heterocycles. The Morgan fingerprint density at radius 1 is 0.643 bits per heavy atom. The normalized spacial score (nSPS) is 11.8. The van der Waals surface area contributed by atoms with E-state index < -0.39 is 23.5 Å². The van der Waals surface area contributed by atoms with E-state index in [4.69, 9.17) is 0 Å². The Kier molecular flexibility index (Phi) is 4.34. The molecular formula is C22H12F5N. The Morgan fingerprint density at radius 2 is 1.25 bits per heavy atom. The molecule has 140 valence electrons. The highest BCUT2D eigenvalue weighted by Crippen LogP contribution is 2.37. The molecule has 0 radical (unpaired) electrons. The molecule has 0 aliphatic heterocycles. The van der Waals surface area contributed by atoms with Crippen LogP contribution in [0.2, 0.25) is 0 Å². The summed E-state index contributed by atoms with van der Waals surface area (Å²) in [7, 11) is 0. The summed E-state index contributed by atoms with van der Waals surface area (Å²) in [6, 6.07) is 16.8. The molecule has 3 aromatic carbocycles. The maximum atomic E-state index is 13.7. The van der Waals surface area contributed by atoms with Crippen LogP contribution in [0.15, 0.2) is 72.8 Å². The highest BCUT2D eigenvalue weighted by Gasteiger charge is 2.33. The van der Waals surface area contributed by atoms with E-state index in [1.54, 1.807) is 24.3 Å². The van der Waals surface area contributed by atoms with Gasteiger partial charge in [-0.3, -0.25) is 0 Å². The number of hydrogen-bond acceptors (Lipinski definition) is 1. The second-order valence-corrected chi connectivity index (χ2v) is 6.31. The SMILES string of the molecule is Fc1cccc(-c2ccc3nc(C(F)(F)F)cc(-c4cccc(F)c4)c3c2)c1. The lowest BCUT2D eigenvalue weighted by molar-refractivity contribution is -0.140. The van der Waals surface area contributed by atoms with Crippen LogP contribution in [0.5, 0.6) is 0 Å². The third-order valence-electron chi connectivity index (χ3n) is 4.39. The largest absolute Gasteiger partial charge is 0.433 e. The molecular weight excluding hydrogens is 373 g/mol. The molecule has 4 aromatic rings. The second-order valence-electron chi connectivity index (χ2n) is 6.31. The number of nitrogens with zero attached hydrogens (tertiary/aromatic N) is 1. The second kappa shape index (κ2) is 6.71. The number of hydrogen-bond donors (Lipinski definition) is 0. The highest BCUT2D eigenvalue weighted by atomic mass is 19.4. The van der Waals surface area contributed by atoms with E-state index in [1.165, 1.54) is 42.5 Å². The van der Waals surface area contributed by atoms with Gasteiger partial charge in [-0.05, 0) is 64.7 Å². The van der Waals surface area contributed by atoms with Crippen LogP contribution in [0, 0.1) is 11.6 Å². The molecule has 0 spiro atoms. The molecule has 28 heavy (non-hydrogen) atoms. The van der Waals surface area contributed by atoms with E-state index >= 15 is 0 Å². The Hall–Kier alpha value is -3.28. The molecule has 4 rings (SSSR count). The molecule has 0 saturated heterocycles. The number of halogens is 5. The summed E-state index contributed by atoms with van der Waals surface area (Å²) >= 11 is 0. The zero-order valence-corrected chi connectivity index (χ0v) is 14.3. The van der Waals surface area contributed by atoms with Crippen molar-refractivity contribution in [2.24, 2.45) is 0 Å². The van der Waals surface area contributed by atoms with Crippen LogP contribution in [0.1, 0.15) is 5.69 Å². The van der Waals surface area contributed by atoms with Crippen LogP contribution in [0.3, 0.4) is 0 Å². The van der Waals surface area contributed by atoms with E-state index in [0.717, 1.165) is 6.07 Å². The summed E-state index contributed by atoms with van der Waals surface area (Å²) in [4.78, 5) is 3.71. The fourth-order valence-electron chi connectivity index (χ4n) is 3.11. The van der Waals surface area contributed by atoms with Gasteiger partial charge in [0.15, 0.2) is 0 Å². The van der Waals surface area contributed by atoms with E-state index in [2.05, 4.69) is 4.98 Å².